The molecule has 0 saturated heterocycles. The fourth-order valence-electron chi connectivity index (χ4n) is 3.91. The smallest absolute Gasteiger partial charge is 0.0465 e. The minimum atomic E-state index is 0.146. The predicted molar refractivity (Wildman–Crippen MR) is 101 cm³/mol. The van der Waals surface area contributed by atoms with Crippen molar-refractivity contribution in [1.82, 2.24) is 10.2 Å². The van der Waals surface area contributed by atoms with E-state index in [2.05, 4.69) is 55.4 Å². The first-order valence-electron chi connectivity index (χ1n) is 8.95. The monoisotopic (exact) mass is 334 g/mol. The standard InChI is InChI=1S/C20H31ClN2/c1-4-6-16-23(15-5-2)20(13-11-19(22-3)12-14-20)17-7-9-18(21)10-8-17/h4,6-10,19,22H,5,11-16H2,1-3H3. The van der Waals surface area contributed by atoms with Crippen LogP contribution < -0.4 is 5.32 Å². The van der Waals surface area contributed by atoms with Crippen LogP contribution in [0.1, 0.15) is 51.5 Å². The fourth-order valence-corrected chi connectivity index (χ4v) is 4.04. The largest absolute Gasteiger partial charge is 0.317 e. The molecule has 0 aromatic heterocycles. The third-order valence-electron chi connectivity index (χ3n) is 5.26. The molecule has 1 fully saturated rings. The number of rotatable bonds is 7. The van der Waals surface area contributed by atoms with Crippen LogP contribution in [-0.2, 0) is 5.54 Å². The number of nitrogens with zero attached hydrogens (tertiary/aromatic N) is 1. The Kier molecular flexibility index (Phi) is 7.13. The van der Waals surface area contributed by atoms with Crippen molar-refractivity contribution >= 4 is 11.6 Å². The Labute approximate surface area is 146 Å². The van der Waals surface area contributed by atoms with Gasteiger partial charge in [-0.3, -0.25) is 4.90 Å². The van der Waals surface area contributed by atoms with Crippen LogP contribution in [0.3, 0.4) is 0 Å². The minimum absolute atomic E-state index is 0.146. The van der Waals surface area contributed by atoms with Crippen molar-refractivity contribution in [3.05, 3.63) is 47.0 Å². The molecule has 0 spiro atoms. The summed E-state index contributed by atoms with van der Waals surface area (Å²) in [5.41, 5.74) is 1.57. The summed E-state index contributed by atoms with van der Waals surface area (Å²) < 4.78 is 0. The topological polar surface area (TPSA) is 15.3 Å². The van der Waals surface area contributed by atoms with Gasteiger partial charge < -0.3 is 5.32 Å². The molecule has 0 atom stereocenters. The average molecular weight is 335 g/mol. The van der Waals surface area contributed by atoms with E-state index in [0.29, 0.717) is 6.04 Å². The summed E-state index contributed by atoms with van der Waals surface area (Å²) in [6.45, 7) is 6.54. The number of benzene rings is 1. The lowest BCUT2D eigenvalue weighted by Gasteiger charge is -2.48. The van der Waals surface area contributed by atoms with Gasteiger partial charge in [0.05, 0.1) is 0 Å². The first kappa shape index (κ1) is 18.5. The molecule has 128 valence electrons. The van der Waals surface area contributed by atoms with Gasteiger partial charge in [0.25, 0.3) is 0 Å². The van der Waals surface area contributed by atoms with Gasteiger partial charge in [0, 0.05) is 23.1 Å². The van der Waals surface area contributed by atoms with E-state index in [9.17, 15) is 0 Å². The molecule has 1 aliphatic rings. The van der Waals surface area contributed by atoms with E-state index in [-0.39, 0.29) is 5.54 Å². The average Bonchev–Trinajstić information content (AvgIpc) is 2.59. The third kappa shape index (κ3) is 4.37. The zero-order valence-corrected chi connectivity index (χ0v) is 15.6. The molecule has 0 heterocycles. The highest BCUT2D eigenvalue weighted by Gasteiger charge is 2.40. The van der Waals surface area contributed by atoms with E-state index in [4.69, 9.17) is 11.6 Å². The molecule has 0 aliphatic heterocycles. The van der Waals surface area contributed by atoms with Gasteiger partial charge in [0.1, 0.15) is 0 Å². The summed E-state index contributed by atoms with van der Waals surface area (Å²) in [4.78, 5) is 2.68. The molecule has 2 nitrogen and oxygen atoms in total. The van der Waals surface area contributed by atoms with Crippen molar-refractivity contribution in [3.63, 3.8) is 0 Å². The Bertz CT molecular complexity index is 487. The zero-order valence-electron chi connectivity index (χ0n) is 14.8. The quantitative estimate of drug-likeness (QED) is 0.707. The van der Waals surface area contributed by atoms with Crippen molar-refractivity contribution in [2.75, 3.05) is 20.1 Å². The van der Waals surface area contributed by atoms with Crippen molar-refractivity contribution in [3.8, 4) is 0 Å². The van der Waals surface area contributed by atoms with Crippen LogP contribution in [0.4, 0.5) is 0 Å². The summed E-state index contributed by atoms with van der Waals surface area (Å²) in [5, 5.41) is 4.29. The molecule has 0 radical (unpaired) electrons. The Morgan fingerprint density at radius 3 is 2.43 bits per heavy atom. The van der Waals surface area contributed by atoms with Gasteiger partial charge in [0.15, 0.2) is 0 Å². The van der Waals surface area contributed by atoms with E-state index in [1.807, 2.05) is 12.1 Å². The number of nitrogens with one attached hydrogen (secondary N) is 1. The lowest BCUT2D eigenvalue weighted by Crippen LogP contribution is -2.51. The number of allylic oxidation sites excluding steroid dienone is 1. The van der Waals surface area contributed by atoms with Crippen molar-refractivity contribution in [2.24, 2.45) is 0 Å². The molecule has 2 rings (SSSR count). The van der Waals surface area contributed by atoms with Gasteiger partial charge in [-0.1, -0.05) is 42.8 Å². The van der Waals surface area contributed by atoms with Crippen LogP contribution in [0.15, 0.2) is 36.4 Å². The maximum absolute atomic E-state index is 6.13. The Morgan fingerprint density at radius 2 is 1.91 bits per heavy atom. The highest BCUT2D eigenvalue weighted by molar-refractivity contribution is 6.30. The number of halogens is 1. The normalized spacial score (nSPS) is 25.3. The summed E-state index contributed by atoms with van der Waals surface area (Å²) in [7, 11) is 2.09. The predicted octanol–water partition coefficient (Wildman–Crippen LogP) is 4.99. The van der Waals surface area contributed by atoms with E-state index in [1.165, 1.54) is 37.7 Å². The lowest BCUT2D eigenvalue weighted by atomic mass is 9.73. The molecule has 1 N–H and O–H groups in total. The molecular weight excluding hydrogens is 304 g/mol. The van der Waals surface area contributed by atoms with Crippen LogP contribution in [0.25, 0.3) is 0 Å². The lowest BCUT2D eigenvalue weighted by molar-refractivity contribution is 0.0491. The van der Waals surface area contributed by atoms with Crippen LogP contribution in [-0.4, -0.2) is 31.1 Å². The van der Waals surface area contributed by atoms with Crippen molar-refractivity contribution in [2.45, 2.75) is 57.5 Å². The Hall–Kier alpha value is -0.830. The molecule has 0 bridgehead atoms. The highest BCUT2D eigenvalue weighted by atomic mass is 35.5. The molecular formula is C20H31ClN2. The summed E-state index contributed by atoms with van der Waals surface area (Å²) in [6.07, 6.45) is 10.5. The first-order valence-corrected chi connectivity index (χ1v) is 9.33. The second kappa shape index (κ2) is 8.86. The maximum atomic E-state index is 6.13. The first-order chi connectivity index (χ1) is 11.2. The third-order valence-corrected chi connectivity index (χ3v) is 5.51. The van der Waals surface area contributed by atoms with Gasteiger partial charge in [-0.2, -0.15) is 0 Å². The summed E-state index contributed by atoms with van der Waals surface area (Å²) in [5.74, 6) is 0. The van der Waals surface area contributed by atoms with Crippen molar-refractivity contribution < 1.29 is 0 Å². The van der Waals surface area contributed by atoms with Crippen molar-refractivity contribution in [1.29, 1.82) is 0 Å². The van der Waals surface area contributed by atoms with Gasteiger partial charge in [-0.25, -0.2) is 0 Å². The molecule has 0 amide bonds. The van der Waals surface area contributed by atoms with Gasteiger partial charge >= 0.3 is 0 Å². The molecule has 23 heavy (non-hydrogen) atoms. The fraction of sp³-hybridized carbons (Fsp3) is 0.600. The summed E-state index contributed by atoms with van der Waals surface area (Å²) in [6, 6.07) is 9.21. The van der Waals surface area contributed by atoms with Gasteiger partial charge in [-0.15, -0.1) is 0 Å². The van der Waals surface area contributed by atoms with Gasteiger partial charge in [-0.05, 0) is 70.3 Å². The molecule has 3 heteroatoms. The molecule has 1 saturated carbocycles. The van der Waals surface area contributed by atoms with E-state index < -0.39 is 0 Å². The number of hydrogen-bond acceptors (Lipinski definition) is 2. The molecule has 1 aromatic rings. The van der Waals surface area contributed by atoms with Crippen LogP contribution in [0.2, 0.25) is 5.02 Å². The molecule has 1 aromatic carbocycles. The minimum Gasteiger partial charge on any atom is -0.317 e. The van der Waals surface area contributed by atoms with Gasteiger partial charge in [0.2, 0.25) is 0 Å². The number of hydrogen-bond donors (Lipinski definition) is 1. The van der Waals surface area contributed by atoms with Crippen LogP contribution >= 0.6 is 11.6 Å². The SMILES string of the molecule is CC=CCN(CCC)C1(c2ccc(Cl)cc2)CCC(NC)CC1. The van der Waals surface area contributed by atoms with E-state index >= 15 is 0 Å². The Morgan fingerprint density at radius 1 is 1.26 bits per heavy atom. The van der Waals surface area contributed by atoms with E-state index in [1.54, 1.807) is 0 Å². The second-order valence-corrected chi connectivity index (χ2v) is 7.05. The second-order valence-electron chi connectivity index (χ2n) is 6.62. The Balaban J connectivity index is 2.35. The molecule has 0 unspecified atom stereocenters. The van der Waals surface area contributed by atoms with Crippen LogP contribution in [0, 0.1) is 0 Å². The molecule has 1 aliphatic carbocycles. The van der Waals surface area contributed by atoms with E-state index in [0.717, 1.165) is 18.1 Å². The zero-order chi connectivity index (χ0) is 16.7. The summed E-state index contributed by atoms with van der Waals surface area (Å²) >= 11 is 6.13. The highest BCUT2D eigenvalue weighted by Crippen LogP contribution is 2.42. The maximum Gasteiger partial charge on any atom is 0.0465 e. The van der Waals surface area contributed by atoms with Crippen LogP contribution in [0.5, 0.6) is 0 Å².